The van der Waals surface area contributed by atoms with E-state index < -0.39 is 23.4 Å². The van der Waals surface area contributed by atoms with Gasteiger partial charge in [0.1, 0.15) is 5.58 Å². The summed E-state index contributed by atoms with van der Waals surface area (Å²) in [6.45, 7) is 1.36. The Bertz CT molecular complexity index is 1440. The van der Waals surface area contributed by atoms with E-state index in [4.69, 9.17) is 4.42 Å². The fraction of sp³-hybridized carbons (Fsp3) is 0.0870. The van der Waals surface area contributed by atoms with Gasteiger partial charge in [-0.25, -0.2) is 9.59 Å². The van der Waals surface area contributed by atoms with Crippen molar-refractivity contribution in [1.29, 1.82) is 0 Å². The maximum atomic E-state index is 12.7. The first kappa shape index (κ1) is 21.9. The van der Waals surface area contributed by atoms with E-state index in [-0.39, 0.29) is 17.2 Å². The first-order valence-corrected chi connectivity index (χ1v) is 9.64. The van der Waals surface area contributed by atoms with E-state index in [9.17, 15) is 27.6 Å². The van der Waals surface area contributed by atoms with Gasteiger partial charge in [-0.3, -0.25) is 4.79 Å². The molecule has 0 aliphatic rings. The second kappa shape index (κ2) is 8.30. The van der Waals surface area contributed by atoms with Crippen LogP contribution in [0.2, 0.25) is 0 Å². The monoisotopic (exact) mass is 455 g/mol. The number of hydrogen-bond acceptors (Lipinski definition) is 4. The lowest BCUT2D eigenvalue weighted by Crippen LogP contribution is -2.19. The van der Waals surface area contributed by atoms with E-state index in [0.29, 0.717) is 27.5 Å². The highest BCUT2D eigenvalue weighted by Gasteiger charge is 2.30. The Kier molecular flexibility index (Phi) is 5.50. The molecule has 33 heavy (non-hydrogen) atoms. The lowest BCUT2D eigenvalue weighted by molar-refractivity contribution is -0.137. The third kappa shape index (κ3) is 4.79. The number of urea groups is 1. The maximum absolute atomic E-state index is 12.7. The molecule has 1 heterocycles. The molecule has 3 amide bonds. The molecular formula is C23H16F3N3O4. The lowest BCUT2D eigenvalue weighted by atomic mass is 10.1. The molecule has 0 atom stereocenters. The molecular weight excluding hydrogens is 439 g/mol. The van der Waals surface area contributed by atoms with Crippen molar-refractivity contribution in [2.45, 2.75) is 13.1 Å². The van der Waals surface area contributed by atoms with Crippen LogP contribution in [0.4, 0.5) is 35.0 Å². The predicted molar refractivity (Wildman–Crippen MR) is 118 cm³/mol. The number of alkyl halides is 3. The Morgan fingerprint density at radius 1 is 0.758 bits per heavy atom. The van der Waals surface area contributed by atoms with Gasteiger partial charge in [0.25, 0.3) is 0 Å². The van der Waals surface area contributed by atoms with Crippen molar-refractivity contribution >= 4 is 50.7 Å². The van der Waals surface area contributed by atoms with E-state index in [1.807, 2.05) is 0 Å². The topological polar surface area (TPSA) is 100 Å². The molecule has 0 spiro atoms. The van der Waals surface area contributed by atoms with E-state index in [1.165, 1.54) is 25.1 Å². The van der Waals surface area contributed by atoms with Crippen LogP contribution >= 0.6 is 0 Å². The smallest absolute Gasteiger partial charge is 0.416 e. The fourth-order valence-electron chi connectivity index (χ4n) is 3.32. The highest BCUT2D eigenvalue weighted by molar-refractivity contribution is 6.08. The van der Waals surface area contributed by atoms with Crippen LogP contribution in [0, 0.1) is 0 Å². The van der Waals surface area contributed by atoms with Gasteiger partial charge in [0.05, 0.1) is 10.9 Å². The zero-order chi connectivity index (χ0) is 23.8. The molecule has 0 radical (unpaired) electrons. The zero-order valence-electron chi connectivity index (χ0n) is 17.0. The lowest BCUT2D eigenvalue weighted by Gasteiger charge is -2.11. The van der Waals surface area contributed by atoms with E-state index >= 15 is 0 Å². The first-order chi connectivity index (χ1) is 15.6. The summed E-state index contributed by atoms with van der Waals surface area (Å²) in [6.07, 6.45) is -4.47. The molecule has 3 aromatic carbocycles. The van der Waals surface area contributed by atoms with Crippen molar-refractivity contribution < 1.29 is 27.2 Å². The molecule has 3 N–H and O–H groups in total. The molecule has 0 saturated heterocycles. The number of hydrogen-bond donors (Lipinski definition) is 3. The van der Waals surface area contributed by atoms with Gasteiger partial charge in [-0.05, 0) is 60.7 Å². The second-order valence-electron chi connectivity index (χ2n) is 7.20. The molecule has 1 aromatic heterocycles. The Labute approximate surface area is 184 Å². The summed E-state index contributed by atoms with van der Waals surface area (Å²) in [7, 11) is 0. The molecule has 7 nitrogen and oxygen atoms in total. The van der Waals surface area contributed by atoms with Gasteiger partial charge in [0.2, 0.25) is 5.91 Å². The van der Waals surface area contributed by atoms with Crippen LogP contribution in [-0.4, -0.2) is 11.9 Å². The first-order valence-electron chi connectivity index (χ1n) is 9.64. The second-order valence-corrected chi connectivity index (χ2v) is 7.20. The molecule has 4 aromatic rings. The number of rotatable bonds is 3. The molecule has 0 aliphatic heterocycles. The number of amides is 3. The largest absolute Gasteiger partial charge is 0.422 e. The number of benzene rings is 3. The van der Waals surface area contributed by atoms with E-state index in [1.54, 1.807) is 18.2 Å². The van der Waals surface area contributed by atoms with Gasteiger partial charge in [-0.1, -0.05) is 0 Å². The fourth-order valence-corrected chi connectivity index (χ4v) is 3.32. The summed E-state index contributed by atoms with van der Waals surface area (Å²) < 4.78 is 43.3. The molecule has 0 aliphatic carbocycles. The van der Waals surface area contributed by atoms with Crippen LogP contribution in [0.15, 0.2) is 69.9 Å². The molecule has 10 heteroatoms. The van der Waals surface area contributed by atoms with Crippen molar-refractivity contribution in [2.75, 3.05) is 16.0 Å². The summed E-state index contributed by atoms with van der Waals surface area (Å²) in [6, 6.07) is 12.7. The Hall–Kier alpha value is -4.34. The Balaban J connectivity index is 1.62. The van der Waals surface area contributed by atoms with Gasteiger partial charge >= 0.3 is 17.8 Å². The Morgan fingerprint density at radius 2 is 1.33 bits per heavy atom. The third-order valence-corrected chi connectivity index (χ3v) is 4.76. The van der Waals surface area contributed by atoms with Crippen LogP contribution in [-0.2, 0) is 11.0 Å². The van der Waals surface area contributed by atoms with E-state index in [2.05, 4.69) is 16.0 Å². The number of anilines is 3. The van der Waals surface area contributed by atoms with E-state index in [0.717, 1.165) is 24.3 Å². The van der Waals surface area contributed by atoms with Gasteiger partial charge in [-0.2, -0.15) is 13.2 Å². The minimum Gasteiger partial charge on any atom is -0.422 e. The summed E-state index contributed by atoms with van der Waals surface area (Å²) in [5.74, 6) is -0.274. The van der Waals surface area contributed by atoms with Gasteiger partial charge in [0, 0.05) is 34.8 Å². The number of nitrogens with one attached hydrogen (secondary N) is 3. The third-order valence-electron chi connectivity index (χ3n) is 4.76. The minimum atomic E-state index is -4.47. The Morgan fingerprint density at radius 3 is 2.00 bits per heavy atom. The minimum absolute atomic E-state index is 0.178. The number of fused-ring (bicyclic) bond motifs is 3. The van der Waals surface area contributed by atoms with Crippen molar-refractivity contribution in [2.24, 2.45) is 0 Å². The van der Waals surface area contributed by atoms with Crippen LogP contribution in [0.5, 0.6) is 0 Å². The van der Waals surface area contributed by atoms with Crippen molar-refractivity contribution in [1.82, 2.24) is 0 Å². The zero-order valence-corrected chi connectivity index (χ0v) is 17.0. The highest BCUT2D eigenvalue weighted by Crippen LogP contribution is 2.30. The quantitative estimate of drug-likeness (QED) is 0.278. The summed E-state index contributed by atoms with van der Waals surface area (Å²) in [5.41, 5.74) is -0.0752. The van der Waals surface area contributed by atoms with Crippen LogP contribution in [0.25, 0.3) is 21.7 Å². The van der Waals surface area contributed by atoms with Crippen molar-refractivity contribution in [3.8, 4) is 0 Å². The standard InChI is InChI=1S/C23H16F3N3O4/c1-12(30)27-15-6-8-17-18(10-15)19-11-16(7-9-20(19)33-21(17)31)29-22(32)28-14-4-2-13(3-5-14)23(24,25)26/h2-11H,1H3,(H,27,30)(H2,28,29,32). The SMILES string of the molecule is CC(=O)Nc1ccc2c(=O)oc3ccc(NC(=O)Nc4ccc(C(F)(F)F)cc4)cc3c2c1. The molecule has 168 valence electrons. The summed E-state index contributed by atoms with van der Waals surface area (Å²) in [5, 5.41) is 9.02. The maximum Gasteiger partial charge on any atom is 0.416 e. The molecule has 4 rings (SSSR count). The van der Waals surface area contributed by atoms with Crippen molar-refractivity contribution in [3.05, 3.63) is 76.6 Å². The molecule has 0 saturated carbocycles. The molecule has 0 unspecified atom stereocenters. The average molecular weight is 455 g/mol. The molecule has 0 bridgehead atoms. The van der Waals surface area contributed by atoms with Crippen LogP contribution in [0.1, 0.15) is 12.5 Å². The highest BCUT2D eigenvalue weighted by atomic mass is 19.4. The number of carbonyl (C=O) groups is 2. The van der Waals surface area contributed by atoms with Gasteiger partial charge in [0.15, 0.2) is 0 Å². The summed E-state index contributed by atoms with van der Waals surface area (Å²) >= 11 is 0. The van der Waals surface area contributed by atoms with Crippen LogP contribution < -0.4 is 21.6 Å². The van der Waals surface area contributed by atoms with Gasteiger partial charge in [-0.15, -0.1) is 0 Å². The normalized spacial score (nSPS) is 11.4. The number of halogens is 3. The van der Waals surface area contributed by atoms with Gasteiger partial charge < -0.3 is 20.4 Å². The molecule has 0 fully saturated rings. The van der Waals surface area contributed by atoms with Crippen molar-refractivity contribution in [3.63, 3.8) is 0 Å². The predicted octanol–water partition coefficient (Wildman–Crippen LogP) is 5.57. The number of carbonyl (C=O) groups excluding carboxylic acids is 2. The van der Waals surface area contributed by atoms with Crippen LogP contribution in [0.3, 0.4) is 0 Å². The summed E-state index contributed by atoms with van der Waals surface area (Å²) in [4.78, 5) is 36.0. The average Bonchev–Trinajstić information content (AvgIpc) is 2.73.